The van der Waals surface area contributed by atoms with Gasteiger partial charge in [-0.1, -0.05) is 0 Å². The zero-order valence-electron chi connectivity index (χ0n) is 24.6. The summed E-state index contributed by atoms with van der Waals surface area (Å²) in [5.41, 5.74) is -1.00. The molecule has 0 aromatic carbocycles. The van der Waals surface area contributed by atoms with E-state index in [2.05, 4.69) is 87.0 Å². The number of rotatable bonds is 4. The van der Waals surface area contributed by atoms with Crippen LogP contribution in [0.15, 0.2) is 0 Å². The monoisotopic (exact) mass is 584 g/mol. The summed E-state index contributed by atoms with van der Waals surface area (Å²) in [4.78, 5) is 4.78. The Hall–Kier alpha value is -0.101. The molecule has 0 aliphatic carbocycles. The van der Waals surface area contributed by atoms with Gasteiger partial charge in [0.2, 0.25) is 12.7 Å². The van der Waals surface area contributed by atoms with Gasteiger partial charge in [-0.3, -0.25) is 19.0 Å². The Morgan fingerprint density at radius 3 is 0.882 bits per heavy atom. The Balaban J connectivity index is -0.000000185. The Morgan fingerprint density at radius 2 is 0.794 bits per heavy atom. The van der Waals surface area contributed by atoms with Crippen LogP contribution in [0.3, 0.4) is 0 Å². The van der Waals surface area contributed by atoms with Crippen molar-refractivity contribution in [2.45, 2.75) is 132 Å². The third-order valence-corrected chi connectivity index (χ3v) is 4.48. The van der Waals surface area contributed by atoms with Gasteiger partial charge in [0, 0.05) is 34.1 Å². The van der Waals surface area contributed by atoms with Crippen molar-refractivity contribution in [2.75, 3.05) is 26.2 Å². The van der Waals surface area contributed by atoms with Crippen LogP contribution in [0.25, 0.3) is 0 Å². The zero-order valence-corrected chi connectivity index (χ0v) is 26.5. The van der Waals surface area contributed by atoms with Crippen molar-refractivity contribution < 1.29 is 53.5 Å². The molecule has 0 fully saturated rings. The molecule has 214 valence electrons. The molecule has 8 heteroatoms. The van der Waals surface area contributed by atoms with E-state index < -0.39 is 11.2 Å². The molecular weight excluding hydrogens is 527 g/mol. The van der Waals surface area contributed by atoms with Crippen LogP contribution < -0.4 is 0 Å². The van der Waals surface area contributed by atoms with Crippen LogP contribution in [0.5, 0.6) is 0 Å². The molecule has 2 aliphatic rings. The second-order valence-electron chi connectivity index (χ2n) is 11.9. The molecule has 0 bridgehead atoms. The van der Waals surface area contributed by atoms with Crippen LogP contribution >= 0.6 is 0 Å². The van der Waals surface area contributed by atoms with Crippen molar-refractivity contribution in [3.8, 4) is 0 Å². The quantitative estimate of drug-likeness (QED) is 0.389. The van der Waals surface area contributed by atoms with Gasteiger partial charge in [0.25, 0.3) is 0 Å². The molecule has 0 spiro atoms. The first-order valence-corrected chi connectivity index (χ1v) is 12.4. The minimum Gasteiger partial charge on any atom is -0.391 e. The van der Waals surface area contributed by atoms with Crippen molar-refractivity contribution in [2.24, 2.45) is 0 Å². The summed E-state index contributed by atoms with van der Waals surface area (Å²) in [5.74, 6) is 0. The molecule has 0 atom stereocenters. The Kier molecular flexibility index (Phi) is 23.0. The number of hydrogen-bond acceptors (Lipinski definition) is 4. The van der Waals surface area contributed by atoms with Gasteiger partial charge < -0.3 is 10.2 Å². The third-order valence-electron chi connectivity index (χ3n) is 4.48. The predicted molar refractivity (Wildman–Crippen MR) is 140 cm³/mol. The van der Waals surface area contributed by atoms with Crippen molar-refractivity contribution in [1.29, 1.82) is 0 Å². The van der Waals surface area contributed by atoms with Gasteiger partial charge in [-0.05, 0) is 96.9 Å². The molecule has 0 aromatic rings. The fourth-order valence-corrected chi connectivity index (χ4v) is 2.64. The standard InChI is InChI=1S/2C9H19N2.2C4H10O.2Cu/c2*1-8(2)10-5-6-11(7-10)9(3)4;2*1-4(2,3)5;;/h2*7-9H,5-6H2,1-4H3;2*5H,1-3H3;;/q2*+1;;;;. The van der Waals surface area contributed by atoms with E-state index in [0.717, 1.165) is 0 Å². The van der Waals surface area contributed by atoms with Crippen molar-refractivity contribution in [1.82, 2.24) is 9.80 Å². The number of nitrogens with zero attached hydrogens (tertiary/aromatic N) is 4. The first-order valence-electron chi connectivity index (χ1n) is 12.4. The van der Waals surface area contributed by atoms with E-state index in [1.54, 1.807) is 41.5 Å². The van der Waals surface area contributed by atoms with E-state index in [1.165, 1.54) is 26.2 Å². The SMILES string of the molecule is CC(C)(C)O.CC(C)(C)O.CC(C)N1C=[N+](C(C)C)CC1.CC(C)N1C=[N+](C(C)C)CC1.[Cu].[Cu]. The number of aliphatic hydroxyl groups is 2. The summed E-state index contributed by atoms with van der Waals surface area (Å²) in [6.45, 7) is 33.1. The molecule has 2 rings (SSSR count). The molecule has 0 amide bonds. The Morgan fingerprint density at radius 1 is 0.588 bits per heavy atom. The molecule has 6 nitrogen and oxygen atoms in total. The van der Waals surface area contributed by atoms with E-state index in [9.17, 15) is 0 Å². The van der Waals surface area contributed by atoms with E-state index in [0.29, 0.717) is 24.2 Å². The summed E-state index contributed by atoms with van der Waals surface area (Å²) < 4.78 is 4.78. The van der Waals surface area contributed by atoms with Crippen LogP contribution in [0.1, 0.15) is 96.9 Å². The topological polar surface area (TPSA) is 53.0 Å². The van der Waals surface area contributed by atoms with E-state index in [4.69, 9.17) is 10.2 Å². The molecular formula is C26H58Cu2N4O2+2. The summed E-state index contributed by atoms with van der Waals surface area (Å²) in [5, 5.41) is 17.0. The molecule has 2 aliphatic heterocycles. The molecule has 0 aromatic heterocycles. The van der Waals surface area contributed by atoms with Gasteiger partial charge in [0.1, 0.15) is 26.2 Å². The van der Waals surface area contributed by atoms with E-state index >= 15 is 0 Å². The second-order valence-corrected chi connectivity index (χ2v) is 11.9. The molecule has 2 heterocycles. The van der Waals surface area contributed by atoms with Crippen LogP contribution in [-0.2, 0) is 34.1 Å². The zero-order chi connectivity index (χ0) is 25.9. The van der Waals surface area contributed by atoms with Gasteiger partial charge in [-0.25, -0.2) is 0 Å². The van der Waals surface area contributed by atoms with E-state index in [1.807, 2.05) is 0 Å². The first-order chi connectivity index (χ1) is 14.2. The maximum Gasteiger partial charge on any atom is 0.234 e. The van der Waals surface area contributed by atoms with Crippen LogP contribution in [-0.4, -0.2) is 103 Å². The maximum absolute atomic E-state index is 8.52. The van der Waals surface area contributed by atoms with Crippen molar-refractivity contribution >= 4 is 12.7 Å². The minimum absolute atomic E-state index is 0. The molecule has 34 heavy (non-hydrogen) atoms. The summed E-state index contributed by atoms with van der Waals surface area (Å²) in [6, 6.07) is 2.61. The smallest absolute Gasteiger partial charge is 0.234 e. The second kappa shape index (κ2) is 19.1. The third kappa shape index (κ3) is 26.5. The summed E-state index contributed by atoms with van der Waals surface area (Å²) in [6.07, 6.45) is 4.52. The minimum atomic E-state index is -0.500. The van der Waals surface area contributed by atoms with Gasteiger partial charge >= 0.3 is 0 Å². The summed E-state index contributed by atoms with van der Waals surface area (Å²) in [7, 11) is 0. The Labute approximate surface area is 233 Å². The van der Waals surface area contributed by atoms with Gasteiger partial charge in [0.15, 0.2) is 0 Å². The molecule has 0 unspecified atom stereocenters. The molecule has 0 saturated carbocycles. The average Bonchev–Trinajstić information content (AvgIpc) is 3.22. The fraction of sp³-hybridized carbons (Fsp3) is 0.923. The van der Waals surface area contributed by atoms with E-state index in [-0.39, 0.29) is 34.1 Å². The molecule has 2 radical (unpaired) electrons. The van der Waals surface area contributed by atoms with Crippen LogP contribution in [0.4, 0.5) is 0 Å². The van der Waals surface area contributed by atoms with Gasteiger partial charge in [-0.15, -0.1) is 0 Å². The largest absolute Gasteiger partial charge is 0.391 e. The molecule has 0 saturated heterocycles. The maximum atomic E-state index is 8.52. The van der Waals surface area contributed by atoms with Gasteiger partial charge in [0.05, 0.1) is 35.4 Å². The predicted octanol–water partition coefficient (Wildman–Crippen LogP) is 3.87. The van der Waals surface area contributed by atoms with Crippen molar-refractivity contribution in [3.05, 3.63) is 0 Å². The Bertz CT molecular complexity index is 502. The van der Waals surface area contributed by atoms with Gasteiger partial charge in [-0.2, -0.15) is 0 Å². The fourth-order valence-electron chi connectivity index (χ4n) is 2.64. The van der Waals surface area contributed by atoms with Crippen LogP contribution in [0, 0.1) is 0 Å². The average molecular weight is 586 g/mol. The van der Waals surface area contributed by atoms with Crippen molar-refractivity contribution in [3.63, 3.8) is 0 Å². The molecule has 2 N–H and O–H groups in total. The normalized spacial score (nSPS) is 15.4. The summed E-state index contributed by atoms with van der Waals surface area (Å²) >= 11 is 0. The van der Waals surface area contributed by atoms with Crippen LogP contribution in [0.2, 0.25) is 0 Å². The first kappa shape index (κ1) is 41.0. The number of hydrogen-bond donors (Lipinski definition) is 2.